The van der Waals surface area contributed by atoms with Crippen molar-refractivity contribution in [1.29, 1.82) is 5.41 Å². The van der Waals surface area contributed by atoms with Crippen molar-refractivity contribution < 1.29 is 4.79 Å². The van der Waals surface area contributed by atoms with E-state index in [0.717, 1.165) is 27.7 Å². The van der Waals surface area contributed by atoms with Crippen LogP contribution in [0.25, 0.3) is 11.8 Å². The number of carbonyl (C=O) groups is 1. The lowest BCUT2D eigenvalue weighted by molar-refractivity contribution is -0.114. The molecule has 0 spiro atoms. The molecule has 0 saturated heterocycles. The summed E-state index contributed by atoms with van der Waals surface area (Å²) >= 11 is 9.03. The summed E-state index contributed by atoms with van der Waals surface area (Å²) in [5.74, 6) is -0.373. The predicted molar refractivity (Wildman–Crippen MR) is 133 cm³/mol. The fourth-order valence-electron chi connectivity index (χ4n) is 3.74. The van der Waals surface area contributed by atoms with Gasteiger partial charge in [-0.25, -0.2) is 0 Å². The summed E-state index contributed by atoms with van der Waals surface area (Å²) < 4.78 is 2.09. The summed E-state index contributed by atoms with van der Waals surface area (Å²) in [4.78, 5) is 18.2. The van der Waals surface area contributed by atoms with Crippen molar-refractivity contribution in [3.05, 3.63) is 80.3 Å². The van der Waals surface area contributed by atoms with Gasteiger partial charge in [0.05, 0.1) is 5.57 Å². The van der Waals surface area contributed by atoms with Crippen molar-refractivity contribution in [1.82, 2.24) is 9.58 Å². The van der Waals surface area contributed by atoms with Gasteiger partial charge in [0.2, 0.25) is 5.17 Å². The molecule has 1 amide bonds. The van der Waals surface area contributed by atoms with Gasteiger partial charge in [0, 0.05) is 33.4 Å². The highest BCUT2D eigenvalue weighted by Gasteiger charge is 2.35. The van der Waals surface area contributed by atoms with Crippen LogP contribution in [0.1, 0.15) is 21.8 Å². The number of aliphatic imine (C=N–C) groups is 1. The van der Waals surface area contributed by atoms with E-state index in [4.69, 9.17) is 17.0 Å². The van der Waals surface area contributed by atoms with Crippen LogP contribution >= 0.6 is 34.7 Å². The van der Waals surface area contributed by atoms with E-state index in [1.807, 2.05) is 61.7 Å². The van der Waals surface area contributed by atoms with Gasteiger partial charge in [-0.2, -0.15) is 15.1 Å². The zero-order chi connectivity index (χ0) is 22.4. The number of rotatable bonds is 4. The van der Waals surface area contributed by atoms with Gasteiger partial charge < -0.3 is 4.57 Å². The number of aromatic nitrogens is 1. The summed E-state index contributed by atoms with van der Waals surface area (Å²) in [5.41, 5.74) is 4.05. The Labute approximate surface area is 198 Å². The number of nitrogens with zero attached hydrogens (tertiary/aromatic N) is 4. The topological polar surface area (TPSA) is 73.8 Å². The minimum atomic E-state index is -0.419. The molecule has 2 aromatic heterocycles. The van der Waals surface area contributed by atoms with E-state index in [0.29, 0.717) is 16.6 Å². The standard InChI is InChI=1S/C23H18ClN5OS2/c1-13-10-15(14(2)28(13)17-7-5-16(24)6-8-17)11-19-21(25)29-23(26-22(19)30)32-20(27-29)12-18-4-3-9-31-18/h3-11,25H,12H2,1-2H3/b19-11+,25-21?. The molecule has 0 unspecified atom stereocenters. The molecule has 1 aromatic carbocycles. The zero-order valence-electron chi connectivity index (χ0n) is 17.3. The lowest BCUT2D eigenvalue weighted by Gasteiger charge is -2.20. The lowest BCUT2D eigenvalue weighted by atomic mass is 10.1. The van der Waals surface area contributed by atoms with Gasteiger partial charge in [0.1, 0.15) is 5.04 Å². The van der Waals surface area contributed by atoms with Crippen LogP contribution in [0.5, 0.6) is 0 Å². The number of halogens is 1. The molecule has 9 heteroatoms. The Balaban J connectivity index is 1.47. The molecular weight excluding hydrogens is 462 g/mol. The van der Waals surface area contributed by atoms with Crippen LogP contribution in [-0.2, 0) is 11.2 Å². The summed E-state index contributed by atoms with van der Waals surface area (Å²) in [6.07, 6.45) is 2.40. The van der Waals surface area contributed by atoms with E-state index >= 15 is 0 Å². The smallest absolute Gasteiger partial charge is 0.283 e. The highest BCUT2D eigenvalue weighted by Crippen LogP contribution is 2.31. The second-order valence-electron chi connectivity index (χ2n) is 7.41. The molecule has 0 radical (unpaired) electrons. The van der Waals surface area contributed by atoms with Crippen LogP contribution in [0.4, 0.5) is 0 Å². The number of amidine groups is 2. The number of thiophene rings is 1. The Bertz CT molecular complexity index is 1330. The molecule has 160 valence electrons. The number of nitrogens with one attached hydrogen (secondary N) is 1. The van der Waals surface area contributed by atoms with Gasteiger partial charge in [-0.05, 0) is 79.0 Å². The fraction of sp³-hybridized carbons (Fsp3) is 0.130. The van der Waals surface area contributed by atoms with Crippen LogP contribution < -0.4 is 0 Å². The number of amides is 1. The molecular formula is C23H18ClN5OS2. The Morgan fingerprint density at radius 1 is 1.19 bits per heavy atom. The number of thioether (sulfide) groups is 1. The van der Waals surface area contributed by atoms with E-state index in [9.17, 15) is 4.79 Å². The average Bonchev–Trinajstić information content (AvgIpc) is 3.47. The van der Waals surface area contributed by atoms with E-state index in [1.54, 1.807) is 17.4 Å². The molecule has 1 N–H and O–H groups in total. The van der Waals surface area contributed by atoms with Crippen LogP contribution in [0.15, 0.2) is 63.5 Å². The number of hydrogen-bond acceptors (Lipinski definition) is 5. The maximum absolute atomic E-state index is 12.8. The molecule has 0 fully saturated rings. The summed E-state index contributed by atoms with van der Waals surface area (Å²) in [5, 5.41) is 18.6. The van der Waals surface area contributed by atoms with Crippen molar-refractivity contribution in [3.63, 3.8) is 0 Å². The van der Waals surface area contributed by atoms with Gasteiger partial charge in [0.15, 0.2) is 5.84 Å². The Kier molecular flexibility index (Phi) is 5.36. The Morgan fingerprint density at radius 3 is 2.69 bits per heavy atom. The quantitative estimate of drug-likeness (QED) is 0.490. The van der Waals surface area contributed by atoms with E-state index in [1.165, 1.54) is 21.6 Å². The Morgan fingerprint density at radius 2 is 1.97 bits per heavy atom. The number of fused-ring (bicyclic) bond motifs is 1. The lowest BCUT2D eigenvalue weighted by Crippen LogP contribution is -2.35. The molecule has 5 rings (SSSR count). The molecule has 0 aliphatic carbocycles. The third kappa shape index (κ3) is 3.74. The van der Waals surface area contributed by atoms with Gasteiger partial charge in [-0.3, -0.25) is 10.2 Å². The second-order valence-corrected chi connectivity index (χ2v) is 9.92. The second kappa shape index (κ2) is 8.20. The normalized spacial score (nSPS) is 17.1. The average molecular weight is 480 g/mol. The van der Waals surface area contributed by atoms with Crippen LogP contribution in [0.3, 0.4) is 0 Å². The largest absolute Gasteiger partial charge is 0.318 e. The number of aryl methyl sites for hydroxylation is 1. The van der Waals surface area contributed by atoms with Crippen LogP contribution in [0, 0.1) is 19.3 Å². The van der Waals surface area contributed by atoms with Gasteiger partial charge >= 0.3 is 0 Å². The minimum absolute atomic E-state index is 0.0463. The third-order valence-electron chi connectivity index (χ3n) is 5.26. The summed E-state index contributed by atoms with van der Waals surface area (Å²) in [7, 11) is 0. The van der Waals surface area contributed by atoms with Crippen LogP contribution in [-0.4, -0.2) is 31.5 Å². The number of benzene rings is 1. The van der Waals surface area contributed by atoms with Crippen molar-refractivity contribution in [2.45, 2.75) is 20.3 Å². The first-order valence-electron chi connectivity index (χ1n) is 9.87. The van der Waals surface area contributed by atoms with E-state index < -0.39 is 5.91 Å². The molecule has 4 heterocycles. The summed E-state index contributed by atoms with van der Waals surface area (Å²) in [6.45, 7) is 3.99. The van der Waals surface area contributed by atoms with E-state index in [2.05, 4.69) is 14.7 Å². The van der Waals surface area contributed by atoms with Crippen molar-refractivity contribution in [2.75, 3.05) is 0 Å². The van der Waals surface area contributed by atoms with Gasteiger partial charge in [-0.15, -0.1) is 11.3 Å². The number of hydrazone groups is 1. The zero-order valence-corrected chi connectivity index (χ0v) is 19.7. The SMILES string of the molecule is Cc1cc(/C=C2\C(=N)N3N=C(Cc4cccs4)SC3=NC2=O)c(C)n1-c1ccc(Cl)cc1. The molecule has 2 aliphatic heterocycles. The first-order chi connectivity index (χ1) is 15.4. The first-order valence-corrected chi connectivity index (χ1v) is 11.9. The monoisotopic (exact) mass is 479 g/mol. The van der Waals surface area contributed by atoms with E-state index in [-0.39, 0.29) is 11.4 Å². The number of carbonyl (C=O) groups excluding carboxylic acids is 1. The third-order valence-corrected chi connectivity index (χ3v) is 7.29. The molecule has 3 aromatic rings. The summed E-state index contributed by atoms with van der Waals surface area (Å²) in [6, 6.07) is 13.6. The molecule has 0 bridgehead atoms. The minimum Gasteiger partial charge on any atom is -0.318 e. The maximum Gasteiger partial charge on any atom is 0.283 e. The molecule has 2 aliphatic rings. The number of hydrogen-bond donors (Lipinski definition) is 1. The molecule has 0 atom stereocenters. The van der Waals surface area contributed by atoms with Crippen molar-refractivity contribution in [2.24, 2.45) is 10.1 Å². The highest BCUT2D eigenvalue weighted by molar-refractivity contribution is 8.27. The Hall–Kier alpha value is -2.94. The van der Waals surface area contributed by atoms with Gasteiger partial charge in [-0.1, -0.05) is 17.7 Å². The van der Waals surface area contributed by atoms with Gasteiger partial charge in [0.25, 0.3) is 5.91 Å². The van der Waals surface area contributed by atoms with Crippen molar-refractivity contribution >= 4 is 62.7 Å². The van der Waals surface area contributed by atoms with Crippen molar-refractivity contribution in [3.8, 4) is 5.69 Å². The predicted octanol–water partition coefficient (Wildman–Crippen LogP) is 5.67. The fourth-order valence-corrected chi connectivity index (χ4v) is 5.58. The first kappa shape index (κ1) is 20.9. The maximum atomic E-state index is 12.8. The molecule has 0 saturated carbocycles. The van der Waals surface area contributed by atoms with Crippen LogP contribution in [0.2, 0.25) is 5.02 Å². The molecule has 6 nitrogen and oxygen atoms in total. The highest BCUT2D eigenvalue weighted by atomic mass is 35.5. The molecule has 32 heavy (non-hydrogen) atoms.